The monoisotopic (exact) mass is 402 g/mol. The first-order valence-corrected chi connectivity index (χ1v) is 9.56. The molecule has 1 atom stereocenters. The summed E-state index contributed by atoms with van der Waals surface area (Å²) in [6.45, 7) is 8.05. The van der Waals surface area contributed by atoms with E-state index in [1.807, 2.05) is 0 Å². The van der Waals surface area contributed by atoms with Gasteiger partial charge in [0.15, 0.2) is 5.03 Å². The molecule has 2 amide bonds. The van der Waals surface area contributed by atoms with Crippen molar-refractivity contribution in [2.75, 3.05) is 13.1 Å². The van der Waals surface area contributed by atoms with E-state index in [1.165, 1.54) is 0 Å². The van der Waals surface area contributed by atoms with Crippen molar-refractivity contribution in [2.24, 2.45) is 0 Å². The molecule has 0 aliphatic carbocycles. The van der Waals surface area contributed by atoms with Gasteiger partial charge in [0.2, 0.25) is 5.91 Å². The molecule has 5 N–H and O–H groups in total. The molecule has 0 unspecified atom stereocenters. The summed E-state index contributed by atoms with van der Waals surface area (Å²) in [5.74, 6) is -0.747. The molecule has 0 rings (SSSR count). The van der Waals surface area contributed by atoms with Crippen molar-refractivity contribution in [1.29, 1.82) is 5.41 Å². The molecule has 0 aromatic rings. The van der Waals surface area contributed by atoms with Crippen molar-refractivity contribution >= 4 is 18.0 Å². The van der Waals surface area contributed by atoms with E-state index in [1.54, 1.807) is 26.2 Å². The molecule has 0 spiro atoms. The smallest absolute Gasteiger partial charge is 0.408 e. The first-order valence-electron chi connectivity index (χ1n) is 9.56. The Morgan fingerprint density at radius 2 is 1.75 bits per heavy atom. The summed E-state index contributed by atoms with van der Waals surface area (Å²) in [6, 6.07) is -0.791. The number of guanidine groups is 1. The minimum atomic E-state index is -0.839. The number of hydrazine groups is 1. The molecular formula is C17H34N6O5. The number of ether oxygens (including phenoxy) is 1. The van der Waals surface area contributed by atoms with Gasteiger partial charge in [-0.15, -0.1) is 0 Å². The standard InChI is InChI=1S/C17H34N6O5/c1-5-6-7-8-11-19-14(24)13(21-16(25)28-17(2,3)4)10-9-12-20-15(18)22-23(26)27/h13H,5-12H2,1-4H3,(H,19,24)(H,21,25)(H3,18,20,22)/t13-/m0/s1. The molecule has 0 aromatic heterocycles. The van der Waals surface area contributed by atoms with Gasteiger partial charge in [-0.05, 0) is 40.0 Å². The number of rotatable bonds is 12. The van der Waals surface area contributed by atoms with Gasteiger partial charge < -0.3 is 20.7 Å². The van der Waals surface area contributed by atoms with Gasteiger partial charge >= 0.3 is 6.09 Å². The van der Waals surface area contributed by atoms with Gasteiger partial charge in [0, 0.05) is 13.1 Å². The fourth-order valence-electron chi connectivity index (χ4n) is 2.26. The maximum atomic E-state index is 12.4. The molecule has 0 saturated heterocycles. The number of hydrogen-bond donors (Lipinski definition) is 5. The molecule has 0 heterocycles. The Hall–Kier alpha value is -2.59. The van der Waals surface area contributed by atoms with Crippen LogP contribution in [0.2, 0.25) is 0 Å². The lowest BCUT2D eigenvalue weighted by atomic mass is 10.1. The second kappa shape index (κ2) is 13.6. The SMILES string of the molecule is CCCCCCNC(=O)[C@H](CCCNC(=N)N[N+](=O)[O-])NC(=O)OC(C)(C)C. The topological polar surface area (TPSA) is 158 Å². The van der Waals surface area contributed by atoms with Gasteiger partial charge in [-0.25, -0.2) is 14.9 Å². The number of nitro groups is 1. The zero-order valence-corrected chi connectivity index (χ0v) is 17.2. The highest BCUT2D eigenvalue weighted by atomic mass is 16.7. The lowest BCUT2D eigenvalue weighted by Crippen LogP contribution is -2.48. The van der Waals surface area contributed by atoms with Gasteiger partial charge in [-0.3, -0.25) is 10.2 Å². The number of alkyl carbamates (subject to hydrolysis) is 1. The van der Waals surface area contributed by atoms with Gasteiger partial charge in [0.1, 0.15) is 11.6 Å². The molecule has 28 heavy (non-hydrogen) atoms. The van der Waals surface area contributed by atoms with Crippen molar-refractivity contribution in [3.8, 4) is 0 Å². The van der Waals surface area contributed by atoms with Crippen LogP contribution in [-0.4, -0.2) is 47.7 Å². The van der Waals surface area contributed by atoms with E-state index in [2.05, 4.69) is 22.9 Å². The van der Waals surface area contributed by atoms with Gasteiger partial charge in [-0.2, -0.15) is 0 Å². The van der Waals surface area contributed by atoms with Crippen LogP contribution in [0.15, 0.2) is 0 Å². The van der Waals surface area contributed by atoms with Crippen LogP contribution in [0.4, 0.5) is 4.79 Å². The number of nitrogens with zero attached hydrogens (tertiary/aromatic N) is 1. The highest BCUT2D eigenvalue weighted by molar-refractivity contribution is 5.85. The summed E-state index contributed by atoms with van der Waals surface area (Å²) < 4.78 is 5.20. The number of unbranched alkanes of at least 4 members (excludes halogenated alkanes) is 3. The Morgan fingerprint density at radius 3 is 2.32 bits per heavy atom. The van der Waals surface area contributed by atoms with Crippen LogP contribution >= 0.6 is 0 Å². The zero-order valence-electron chi connectivity index (χ0n) is 17.2. The zero-order chi connectivity index (χ0) is 21.6. The maximum absolute atomic E-state index is 12.4. The van der Waals surface area contributed by atoms with E-state index >= 15 is 0 Å². The number of nitrogens with one attached hydrogen (secondary N) is 5. The lowest BCUT2D eigenvalue weighted by molar-refractivity contribution is -0.525. The molecule has 162 valence electrons. The van der Waals surface area contributed by atoms with E-state index < -0.39 is 28.7 Å². The number of amides is 2. The van der Waals surface area contributed by atoms with Crippen molar-refractivity contribution in [1.82, 2.24) is 21.4 Å². The summed E-state index contributed by atoms with van der Waals surface area (Å²) >= 11 is 0. The highest BCUT2D eigenvalue weighted by Gasteiger charge is 2.23. The third kappa shape index (κ3) is 14.6. The molecule has 0 fully saturated rings. The summed E-state index contributed by atoms with van der Waals surface area (Å²) in [6.07, 6.45) is 4.11. The minimum absolute atomic E-state index is 0.232. The van der Waals surface area contributed by atoms with Crippen LogP contribution in [-0.2, 0) is 9.53 Å². The second-order valence-electron chi connectivity index (χ2n) is 7.36. The summed E-state index contributed by atoms with van der Waals surface area (Å²) in [5, 5.41) is 24.6. The molecular weight excluding hydrogens is 368 g/mol. The van der Waals surface area contributed by atoms with Crippen molar-refractivity contribution in [3.63, 3.8) is 0 Å². The quantitative estimate of drug-likeness (QED) is 0.109. The molecule has 0 bridgehead atoms. The summed E-state index contributed by atoms with van der Waals surface area (Å²) in [4.78, 5) is 34.6. The number of carbonyl (C=O) groups is 2. The molecule has 11 heteroatoms. The first kappa shape index (κ1) is 25.4. The first-order chi connectivity index (χ1) is 13.0. The third-order valence-electron chi connectivity index (χ3n) is 3.51. The van der Waals surface area contributed by atoms with Crippen molar-refractivity contribution < 1.29 is 19.4 Å². The highest BCUT2D eigenvalue weighted by Crippen LogP contribution is 2.08. The molecule has 11 nitrogen and oxygen atoms in total. The average molecular weight is 402 g/mol. The van der Waals surface area contributed by atoms with Crippen LogP contribution in [0, 0.1) is 15.5 Å². The Bertz CT molecular complexity index is 521. The van der Waals surface area contributed by atoms with Crippen molar-refractivity contribution in [2.45, 2.75) is 77.9 Å². The molecule has 0 radical (unpaired) electrons. The van der Waals surface area contributed by atoms with E-state index in [9.17, 15) is 19.7 Å². The average Bonchev–Trinajstić information content (AvgIpc) is 2.54. The molecule has 0 aliphatic rings. The second-order valence-corrected chi connectivity index (χ2v) is 7.36. The van der Waals surface area contributed by atoms with E-state index in [0.29, 0.717) is 19.4 Å². The van der Waals surface area contributed by atoms with Gasteiger partial charge in [0.05, 0.1) is 0 Å². The van der Waals surface area contributed by atoms with E-state index in [-0.39, 0.29) is 12.5 Å². The van der Waals surface area contributed by atoms with Crippen LogP contribution < -0.4 is 21.4 Å². The van der Waals surface area contributed by atoms with Gasteiger partial charge in [0.25, 0.3) is 5.96 Å². The van der Waals surface area contributed by atoms with Crippen LogP contribution in [0.25, 0.3) is 0 Å². The minimum Gasteiger partial charge on any atom is -0.444 e. The third-order valence-corrected chi connectivity index (χ3v) is 3.51. The molecule has 0 saturated carbocycles. The van der Waals surface area contributed by atoms with Gasteiger partial charge in [-0.1, -0.05) is 31.6 Å². The summed E-state index contributed by atoms with van der Waals surface area (Å²) in [5.41, 5.74) is 0.997. The Kier molecular flexibility index (Phi) is 12.3. The predicted molar refractivity (Wildman–Crippen MR) is 105 cm³/mol. The summed E-state index contributed by atoms with van der Waals surface area (Å²) in [7, 11) is 0. The number of carbonyl (C=O) groups excluding carboxylic acids is 2. The Morgan fingerprint density at radius 1 is 1.11 bits per heavy atom. The fourth-order valence-corrected chi connectivity index (χ4v) is 2.26. The van der Waals surface area contributed by atoms with Crippen molar-refractivity contribution in [3.05, 3.63) is 10.1 Å². The number of hydrogen-bond acceptors (Lipinski definition) is 6. The largest absolute Gasteiger partial charge is 0.444 e. The predicted octanol–water partition coefficient (Wildman–Crippen LogP) is 1.66. The fraction of sp³-hybridized carbons (Fsp3) is 0.824. The van der Waals surface area contributed by atoms with Crippen LogP contribution in [0.3, 0.4) is 0 Å². The van der Waals surface area contributed by atoms with E-state index in [0.717, 1.165) is 25.7 Å². The molecule has 0 aliphatic heterocycles. The Labute approximate surface area is 166 Å². The molecule has 0 aromatic carbocycles. The van der Waals surface area contributed by atoms with Crippen LogP contribution in [0.5, 0.6) is 0 Å². The normalized spacial score (nSPS) is 11.9. The van der Waals surface area contributed by atoms with Crippen LogP contribution in [0.1, 0.15) is 66.2 Å². The maximum Gasteiger partial charge on any atom is 0.408 e. The van der Waals surface area contributed by atoms with E-state index in [4.69, 9.17) is 10.1 Å². The Balaban J connectivity index is 4.53. The lowest BCUT2D eigenvalue weighted by Gasteiger charge is -2.23.